The van der Waals surface area contributed by atoms with E-state index in [9.17, 15) is 4.79 Å². The van der Waals surface area contributed by atoms with Crippen LogP contribution in [0.2, 0.25) is 0 Å². The van der Waals surface area contributed by atoms with E-state index in [1.54, 1.807) is 0 Å². The summed E-state index contributed by atoms with van der Waals surface area (Å²) in [4.78, 5) is 11.7. The van der Waals surface area contributed by atoms with E-state index >= 15 is 0 Å². The van der Waals surface area contributed by atoms with Gasteiger partial charge in [0.15, 0.2) is 0 Å². The predicted molar refractivity (Wildman–Crippen MR) is 59.0 cm³/mol. The number of nitrogens with one attached hydrogen (secondary N) is 1. The highest BCUT2D eigenvalue weighted by Gasteiger charge is 2.25. The van der Waals surface area contributed by atoms with Crippen molar-refractivity contribution < 1.29 is 4.79 Å². The van der Waals surface area contributed by atoms with Crippen LogP contribution >= 0.6 is 0 Å². The maximum Gasteiger partial charge on any atom is 0.237 e. The van der Waals surface area contributed by atoms with Crippen molar-refractivity contribution in [3.8, 4) is 6.07 Å². The van der Waals surface area contributed by atoms with Crippen LogP contribution in [0.25, 0.3) is 0 Å². The SMILES string of the molecule is CCC(C#N)C(=O)NC1CCCCC1C. The molecule has 1 fully saturated rings. The monoisotopic (exact) mass is 208 g/mol. The van der Waals surface area contributed by atoms with Crippen molar-refractivity contribution in [1.82, 2.24) is 5.32 Å². The minimum absolute atomic E-state index is 0.0845. The number of carbonyl (C=O) groups excluding carboxylic acids is 1. The van der Waals surface area contributed by atoms with Crippen molar-refractivity contribution in [1.29, 1.82) is 5.26 Å². The average molecular weight is 208 g/mol. The number of hydrogen-bond donors (Lipinski definition) is 1. The molecule has 0 bridgehead atoms. The molecule has 1 amide bonds. The minimum atomic E-state index is -0.473. The number of rotatable bonds is 3. The van der Waals surface area contributed by atoms with Gasteiger partial charge in [-0.3, -0.25) is 4.79 Å². The number of amides is 1. The fraction of sp³-hybridized carbons (Fsp3) is 0.833. The van der Waals surface area contributed by atoms with Crippen molar-refractivity contribution in [3.05, 3.63) is 0 Å². The molecule has 0 heterocycles. The zero-order chi connectivity index (χ0) is 11.3. The van der Waals surface area contributed by atoms with Gasteiger partial charge >= 0.3 is 0 Å². The molecule has 1 aliphatic rings. The van der Waals surface area contributed by atoms with Crippen molar-refractivity contribution in [2.45, 2.75) is 52.0 Å². The van der Waals surface area contributed by atoms with Crippen molar-refractivity contribution in [2.75, 3.05) is 0 Å². The Balaban J connectivity index is 2.46. The summed E-state index contributed by atoms with van der Waals surface area (Å²) in [5.41, 5.74) is 0. The summed E-state index contributed by atoms with van der Waals surface area (Å²) in [6.07, 6.45) is 5.31. The third-order valence-electron chi connectivity index (χ3n) is 3.32. The summed E-state index contributed by atoms with van der Waals surface area (Å²) in [6, 6.07) is 2.33. The Morgan fingerprint density at radius 1 is 1.53 bits per heavy atom. The van der Waals surface area contributed by atoms with E-state index in [-0.39, 0.29) is 11.9 Å². The third-order valence-corrected chi connectivity index (χ3v) is 3.32. The van der Waals surface area contributed by atoms with E-state index in [0.717, 1.165) is 6.42 Å². The molecule has 3 nitrogen and oxygen atoms in total. The first-order valence-electron chi connectivity index (χ1n) is 5.89. The number of nitrogens with zero attached hydrogens (tertiary/aromatic N) is 1. The van der Waals surface area contributed by atoms with Crippen molar-refractivity contribution in [3.63, 3.8) is 0 Å². The third kappa shape index (κ3) is 3.23. The van der Waals surface area contributed by atoms with Gasteiger partial charge in [0.25, 0.3) is 0 Å². The predicted octanol–water partition coefficient (Wildman–Crippen LogP) is 2.23. The smallest absolute Gasteiger partial charge is 0.237 e. The van der Waals surface area contributed by atoms with Crippen molar-refractivity contribution >= 4 is 5.91 Å². The molecule has 3 unspecified atom stereocenters. The molecule has 0 radical (unpaired) electrons. The molecule has 0 aromatic rings. The molecule has 15 heavy (non-hydrogen) atoms. The van der Waals surface area contributed by atoms with Crippen LogP contribution in [0.15, 0.2) is 0 Å². The van der Waals surface area contributed by atoms with Gasteiger partial charge in [0.05, 0.1) is 6.07 Å². The van der Waals surface area contributed by atoms with Gasteiger partial charge in [0, 0.05) is 6.04 Å². The van der Waals surface area contributed by atoms with Crippen LogP contribution in [-0.4, -0.2) is 11.9 Å². The molecule has 1 saturated carbocycles. The van der Waals surface area contributed by atoms with Crippen LogP contribution in [0.5, 0.6) is 0 Å². The second-order valence-electron chi connectivity index (χ2n) is 4.47. The zero-order valence-corrected chi connectivity index (χ0v) is 9.62. The number of hydrogen-bond acceptors (Lipinski definition) is 2. The van der Waals surface area contributed by atoms with Gasteiger partial charge in [-0.1, -0.05) is 26.7 Å². The Morgan fingerprint density at radius 2 is 2.20 bits per heavy atom. The van der Waals surface area contributed by atoms with E-state index < -0.39 is 5.92 Å². The van der Waals surface area contributed by atoms with Crippen LogP contribution in [0.3, 0.4) is 0 Å². The summed E-state index contributed by atoms with van der Waals surface area (Å²) in [5.74, 6) is -0.00299. The first-order valence-corrected chi connectivity index (χ1v) is 5.89. The van der Waals surface area contributed by atoms with Gasteiger partial charge in [0.2, 0.25) is 5.91 Å². The maximum atomic E-state index is 11.7. The summed E-state index contributed by atoms with van der Waals surface area (Å²) in [5, 5.41) is 11.8. The topological polar surface area (TPSA) is 52.9 Å². The maximum absolute atomic E-state index is 11.7. The van der Waals surface area contributed by atoms with E-state index in [1.807, 2.05) is 13.0 Å². The Kier molecular flexibility index (Phi) is 4.61. The Hall–Kier alpha value is -1.04. The standard InChI is InChI=1S/C12H20N2O/c1-3-10(8-13)12(15)14-11-7-5-4-6-9(11)2/h9-11H,3-7H2,1-2H3,(H,14,15). The summed E-state index contributed by atoms with van der Waals surface area (Å²) in [7, 11) is 0. The highest BCUT2D eigenvalue weighted by atomic mass is 16.1. The van der Waals surface area contributed by atoms with E-state index in [1.165, 1.54) is 19.3 Å². The quantitative estimate of drug-likeness (QED) is 0.773. The largest absolute Gasteiger partial charge is 0.352 e. The fourth-order valence-electron chi connectivity index (χ4n) is 2.15. The molecule has 3 heteroatoms. The Morgan fingerprint density at radius 3 is 2.73 bits per heavy atom. The summed E-state index contributed by atoms with van der Waals surface area (Å²) < 4.78 is 0. The molecule has 0 spiro atoms. The molecule has 0 aromatic carbocycles. The van der Waals surface area contributed by atoms with Gasteiger partial charge < -0.3 is 5.32 Å². The fourth-order valence-corrected chi connectivity index (χ4v) is 2.15. The van der Waals surface area contributed by atoms with Crippen LogP contribution in [0.1, 0.15) is 46.0 Å². The minimum Gasteiger partial charge on any atom is -0.352 e. The molecule has 1 aliphatic carbocycles. The van der Waals surface area contributed by atoms with Gasteiger partial charge in [-0.15, -0.1) is 0 Å². The molecule has 1 N–H and O–H groups in total. The normalized spacial score (nSPS) is 27.8. The first kappa shape index (κ1) is 12.0. The van der Waals surface area contributed by atoms with Crippen LogP contribution in [0, 0.1) is 23.2 Å². The molecule has 3 atom stereocenters. The number of nitriles is 1. The Labute approximate surface area is 91.9 Å². The molecule has 0 aliphatic heterocycles. The second kappa shape index (κ2) is 5.75. The molecular weight excluding hydrogens is 188 g/mol. The van der Waals surface area contributed by atoms with Gasteiger partial charge in [-0.05, 0) is 25.2 Å². The lowest BCUT2D eigenvalue weighted by molar-refractivity contribution is -0.124. The van der Waals surface area contributed by atoms with Crippen molar-refractivity contribution in [2.24, 2.45) is 11.8 Å². The Bertz CT molecular complexity index is 257. The lowest BCUT2D eigenvalue weighted by atomic mass is 9.85. The van der Waals surface area contributed by atoms with E-state index in [2.05, 4.69) is 12.2 Å². The molecule has 0 aromatic heterocycles. The molecular formula is C12H20N2O. The van der Waals surface area contributed by atoms with Crippen LogP contribution in [-0.2, 0) is 4.79 Å². The van der Waals surface area contributed by atoms with Gasteiger partial charge in [0.1, 0.15) is 5.92 Å². The highest BCUT2D eigenvalue weighted by molar-refractivity contribution is 5.81. The van der Waals surface area contributed by atoms with E-state index in [4.69, 9.17) is 5.26 Å². The van der Waals surface area contributed by atoms with Crippen LogP contribution < -0.4 is 5.32 Å². The zero-order valence-electron chi connectivity index (χ0n) is 9.62. The average Bonchev–Trinajstić information content (AvgIpc) is 2.23. The first-order chi connectivity index (χ1) is 7.19. The second-order valence-corrected chi connectivity index (χ2v) is 4.47. The molecule has 0 saturated heterocycles. The highest BCUT2D eigenvalue weighted by Crippen LogP contribution is 2.24. The van der Waals surface area contributed by atoms with Crippen LogP contribution in [0.4, 0.5) is 0 Å². The molecule has 1 rings (SSSR count). The van der Waals surface area contributed by atoms with E-state index in [0.29, 0.717) is 12.3 Å². The summed E-state index contributed by atoms with van der Waals surface area (Å²) in [6.45, 7) is 4.05. The lowest BCUT2D eigenvalue weighted by Crippen LogP contribution is -2.43. The van der Waals surface area contributed by atoms with Gasteiger partial charge in [-0.25, -0.2) is 0 Å². The van der Waals surface area contributed by atoms with Gasteiger partial charge in [-0.2, -0.15) is 5.26 Å². The summed E-state index contributed by atoms with van der Waals surface area (Å²) >= 11 is 0. The molecule has 84 valence electrons. The lowest BCUT2D eigenvalue weighted by Gasteiger charge is -2.30. The number of carbonyl (C=O) groups is 1.